The van der Waals surface area contributed by atoms with E-state index in [0.29, 0.717) is 12.5 Å². The van der Waals surface area contributed by atoms with E-state index in [4.69, 9.17) is 4.74 Å². The van der Waals surface area contributed by atoms with Crippen molar-refractivity contribution < 1.29 is 9.53 Å². The van der Waals surface area contributed by atoms with Crippen molar-refractivity contribution in [1.82, 2.24) is 20.4 Å². The third-order valence-electron chi connectivity index (χ3n) is 5.22. The fourth-order valence-corrected chi connectivity index (χ4v) is 3.58. The molecule has 2 aromatic rings. The molecule has 1 amide bonds. The molecule has 1 atom stereocenters. The Morgan fingerprint density at radius 1 is 1.38 bits per heavy atom. The maximum Gasteiger partial charge on any atom is 0.251 e. The van der Waals surface area contributed by atoms with Gasteiger partial charge in [-0.2, -0.15) is 5.10 Å². The molecule has 2 fully saturated rings. The number of carbonyl (C=O) groups excluding carboxylic acids is 1. The number of hydrogen-bond donors (Lipinski definition) is 2. The molecule has 0 saturated carbocycles. The molecule has 2 aliphatic rings. The van der Waals surface area contributed by atoms with Crippen LogP contribution in [0.15, 0.2) is 18.3 Å². The average molecular weight is 379 g/mol. The zero-order chi connectivity index (χ0) is 17.2. The molecular formula is C19H27ClN4O2. The second-order valence-electron chi connectivity index (χ2n) is 7.30. The van der Waals surface area contributed by atoms with Gasteiger partial charge >= 0.3 is 0 Å². The van der Waals surface area contributed by atoms with Crippen molar-refractivity contribution in [1.29, 1.82) is 0 Å². The van der Waals surface area contributed by atoms with Crippen LogP contribution in [0, 0.1) is 12.8 Å². The molecule has 4 rings (SSSR count). The molecule has 7 heteroatoms. The van der Waals surface area contributed by atoms with Crippen LogP contribution < -0.4 is 10.6 Å². The largest absolute Gasteiger partial charge is 0.376 e. The molecule has 2 N–H and O–H groups in total. The predicted molar refractivity (Wildman–Crippen MR) is 104 cm³/mol. The van der Waals surface area contributed by atoms with E-state index in [1.54, 1.807) is 0 Å². The highest BCUT2D eigenvalue weighted by Crippen LogP contribution is 2.20. The lowest BCUT2D eigenvalue weighted by Crippen LogP contribution is -2.44. The predicted octanol–water partition coefficient (Wildman–Crippen LogP) is 2.28. The molecule has 3 heterocycles. The molecule has 26 heavy (non-hydrogen) atoms. The van der Waals surface area contributed by atoms with Crippen LogP contribution in [-0.2, 0) is 11.3 Å². The number of aromatic nitrogens is 2. The molecule has 1 aromatic heterocycles. The third-order valence-corrected chi connectivity index (χ3v) is 5.22. The van der Waals surface area contributed by atoms with E-state index in [9.17, 15) is 4.79 Å². The summed E-state index contributed by atoms with van der Waals surface area (Å²) in [6.45, 7) is 6.42. The number of hydrogen-bond acceptors (Lipinski definition) is 4. The molecule has 2 aliphatic heterocycles. The quantitative estimate of drug-likeness (QED) is 0.837. The number of ether oxygens (including phenoxy) is 1. The van der Waals surface area contributed by atoms with E-state index >= 15 is 0 Å². The molecular weight excluding hydrogens is 352 g/mol. The normalized spacial score (nSPS) is 20.4. The van der Waals surface area contributed by atoms with Gasteiger partial charge in [-0.3, -0.25) is 9.48 Å². The van der Waals surface area contributed by atoms with Crippen molar-refractivity contribution in [2.24, 2.45) is 5.92 Å². The van der Waals surface area contributed by atoms with Crippen LogP contribution in [0.5, 0.6) is 0 Å². The van der Waals surface area contributed by atoms with Gasteiger partial charge in [-0.25, -0.2) is 0 Å². The van der Waals surface area contributed by atoms with Crippen molar-refractivity contribution in [2.45, 2.75) is 38.8 Å². The zero-order valence-corrected chi connectivity index (χ0v) is 16.0. The lowest BCUT2D eigenvalue weighted by atomic mass is 10.0. The highest BCUT2D eigenvalue weighted by Gasteiger charge is 2.19. The number of carbonyl (C=O) groups is 1. The van der Waals surface area contributed by atoms with Crippen molar-refractivity contribution in [2.75, 3.05) is 26.2 Å². The van der Waals surface area contributed by atoms with E-state index in [1.807, 2.05) is 29.9 Å². The summed E-state index contributed by atoms with van der Waals surface area (Å²) in [5, 5.41) is 12.0. The van der Waals surface area contributed by atoms with Crippen LogP contribution in [0.2, 0.25) is 0 Å². The fourth-order valence-electron chi connectivity index (χ4n) is 3.58. The third kappa shape index (κ3) is 4.19. The molecule has 0 spiro atoms. The van der Waals surface area contributed by atoms with E-state index in [2.05, 4.69) is 15.7 Å². The second kappa shape index (κ2) is 8.37. The topological polar surface area (TPSA) is 68.2 Å². The van der Waals surface area contributed by atoms with Crippen LogP contribution in [0.25, 0.3) is 10.9 Å². The minimum Gasteiger partial charge on any atom is -0.376 e. The van der Waals surface area contributed by atoms with Gasteiger partial charge in [0.15, 0.2) is 0 Å². The molecule has 1 unspecified atom stereocenters. The van der Waals surface area contributed by atoms with E-state index in [1.165, 1.54) is 6.42 Å². The highest BCUT2D eigenvalue weighted by atomic mass is 35.5. The summed E-state index contributed by atoms with van der Waals surface area (Å²) in [6.07, 6.45) is 5.54. The van der Waals surface area contributed by atoms with Crippen molar-refractivity contribution in [3.05, 3.63) is 29.5 Å². The van der Waals surface area contributed by atoms with Crippen molar-refractivity contribution >= 4 is 29.2 Å². The number of fused-ring (bicyclic) bond motifs is 1. The van der Waals surface area contributed by atoms with Gasteiger partial charge in [0.25, 0.3) is 5.91 Å². The molecule has 0 bridgehead atoms. The van der Waals surface area contributed by atoms with Gasteiger partial charge in [0.1, 0.15) is 0 Å². The molecule has 142 valence electrons. The first-order valence-corrected chi connectivity index (χ1v) is 9.27. The fraction of sp³-hybridized carbons (Fsp3) is 0.579. The van der Waals surface area contributed by atoms with Gasteiger partial charge in [-0.05, 0) is 43.9 Å². The molecule has 0 radical (unpaired) electrons. The van der Waals surface area contributed by atoms with Crippen LogP contribution >= 0.6 is 12.4 Å². The van der Waals surface area contributed by atoms with Crippen molar-refractivity contribution in [3.63, 3.8) is 0 Å². The molecule has 0 aliphatic carbocycles. The minimum atomic E-state index is -0.0236. The molecule has 1 aromatic carbocycles. The van der Waals surface area contributed by atoms with Gasteiger partial charge in [0, 0.05) is 55.9 Å². The van der Waals surface area contributed by atoms with E-state index in [-0.39, 0.29) is 24.4 Å². The van der Waals surface area contributed by atoms with Crippen LogP contribution in [-0.4, -0.2) is 48.0 Å². The van der Waals surface area contributed by atoms with Crippen molar-refractivity contribution in [3.8, 4) is 0 Å². The monoisotopic (exact) mass is 378 g/mol. The molecule has 6 nitrogen and oxygen atoms in total. The Balaban J connectivity index is 0.00000196. The van der Waals surface area contributed by atoms with Gasteiger partial charge in [-0.1, -0.05) is 0 Å². The smallest absolute Gasteiger partial charge is 0.251 e. The summed E-state index contributed by atoms with van der Waals surface area (Å²) in [7, 11) is 0. The van der Waals surface area contributed by atoms with E-state index < -0.39 is 0 Å². The zero-order valence-electron chi connectivity index (χ0n) is 15.2. The lowest BCUT2D eigenvalue weighted by Gasteiger charge is -2.26. The first kappa shape index (κ1) is 19.1. The highest BCUT2D eigenvalue weighted by molar-refractivity contribution is 5.99. The summed E-state index contributed by atoms with van der Waals surface area (Å²) >= 11 is 0. The van der Waals surface area contributed by atoms with Gasteiger partial charge in [-0.15, -0.1) is 12.4 Å². The average Bonchev–Trinajstić information content (AvgIpc) is 2.97. The minimum absolute atomic E-state index is 0. The second-order valence-corrected chi connectivity index (χ2v) is 7.30. The van der Waals surface area contributed by atoms with Gasteiger partial charge in [0.05, 0.1) is 11.6 Å². The first-order chi connectivity index (χ1) is 12.2. The number of rotatable bonds is 5. The Bertz CT molecular complexity index is 766. The van der Waals surface area contributed by atoms with Crippen LogP contribution in [0.3, 0.4) is 0 Å². The lowest BCUT2D eigenvalue weighted by molar-refractivity contribution is 0.0169. The Labute approximate surface area is 160 Å². The number of nitrogens with one attached hydrogen (secondary N) is 2. The summed E-state index contributed by atoms with van der Waals surface area (Å²) in [6, 6.07) is 3.97. The number of aryl methyl sites for hydroxylation is 1. The first-order valence-electron chi connectivity index (χ1n) is 9.27. The number of amides is 1. The van der Waals surface area contributed by atoms with E-state index in [0.717, 1.165) is 61.1 Å². The van der Waals surface area contributed by atoms with Gasteiger partial charge in [0.2, 0.25) is 0 Å². The molecule has 2 saturated heterocycles. The SMILES string of the molecule is Cc1cc2nn(CC3CNC3)cc2cc1C(=O)NCC1CCCCO1.Cl. The Kier molecular flexibility index (Phi) is 6.16. The Morgan fingerprint density at radius 3 is 2.92 bits per heavy atom. The van der Waals surface area contributed by atoms with Crippen LogP contribution in [0.1, 0.15) is 35.2 Å². The number of benzene rings is 1. The summed E-state index contributed by atoms with van der Waals surface area (Å²) in [4.78, 5) is 12.6. The maximum atomic E-state index is 12.6. The summed E-state index contributed by atoms with van der Waals surface area (Å²) < 4.78 is 7.70. The number of nitrogens with zero attached hydrogens (tertiary/aromatic N) is 2. The standard InChI is InChI=1S/C19H26N4O2.ClH/c1-13-6-18-15(12-23(22-18)11-14-8-20-9-14)7-17(13)19(24)21-10-16-4-2-3-5-25-16;/h6-7,12,14,16,20H,2-5,8-11H2,1H3,(H,21,24);1H. The Hall–Kier alpha value is -1.63. The maximum absolute atomic E-state index is 12.6. The Morgan fingerprint density at radius 2 is 2.23 bits per heavy atom. The number of halogens is 1. The summed E-state index contributed by atoms with van der Waals surface area (Å²) in [5.41, 5.74) is 2.65. The summed E-state index contributed by atoms with van der Waals surface area (Å²) in [5.74, 6) is 0.637. The van der Waals surface area contributed by atoms with Gasteiger partial charge < -0.3 is 15.4 Å². The van der Waals surface area contributed by atoms with Crippen LogP contribution in [0.4, 0.5) is 0 Å².